The Bertz CT molecular complexity index is 1040. The predicted octanol–water partition coefficient (Wildman–Crippen LogP) is 4.41. The minimum Gasteiger partial charge on any atom is -0.493 e. The molecule has 168 valence electrons. The van der Waals surface area contributed by atoms with E-state index in [1.54, 1.807) is 36.4 Å². The number of nitrogens with zero attached hydrogens (tertiary/aromatic N) is 2. The molecule has 1 atom stereocenters. The second-order valence-corrected chi connectivity index (χ2v) is 9.07. The first kappa shape index (κ1) is 23.8. The van der Waals surface area contributed by atoms with Gasteiger partial charge in [-0.3, -0.25) is 9.59 Å². The smallest absolute Gasteiger partial charge is 0.255 e. The number of benzene rings is 2. The SMILES string of the molecule is COc1cc(C(=O)N2CSCC2C(=O)Nc2ccc(C#N)cc2)cc(Cl)c1OCC(C)C. The van der Waals surface area contributed by atoms with Gasteiger partial charge in [0, 0.05) is 17.0 Å². The van der Waals surface area contributed by atoms with E-state index in [0.717, 1.165) is 0 Å². The lowest BCUT2D eigenvalue weighted by Crippen LogP contribution is -2.44. The van der Waals surface area contributed by atoms with E-state index in [9.17, 15) is 9.59 Å². The summed E-state index contributed by atoms with van der Waals surface area (Å²) >= 11 is 7.89. The number of ether oxygens (including phenoxy) is 2. The summed E-state index contributed by atoms with van der Waals surface area (Å²) in [6, 6.07) is 11.1. The van der Waals surface area contributed by atoms with Gasteiger partial charge in [0.2, 0.25) is 5.91 Å². The second kappa shape index (κ2) is 10.6. The summed E-state index contributed by atoms with van der Waals surface area (Å²) in [6.07, 6.45) is 0. The molecule has 1 aliphatic rings. The van der Waals surface area contributed by atoms with Crippen LogP contribution in [0.2, 0.25) is 5.02 Å². The fourth-order valence-electron chi connectivity index (χ4n) is 3.11. The average Bonchev–Trinajstić information content (AvgIpc) is 3.27. The van der Waals surface area contributed by atoms with E-state index in [1.165, 1.54) is 23.8 Å². The van der Waals surface area contributed by atoms with Gasteiger partial charge < -0.3 is 19.7 Å². The molecule has 0 spiro atoms. The summed E-state index contributed by atoms with van der Waals surface area (Å²) < 4.78 is 11.1. The van der Waals surface area contributed by atoms with E-state index in [2.05, 4.69) is 5.32 Å². The van der Waals surface area contributed by atoms with E-state index in [0.29, 0.717) is 52.5 Å². The van der Waals surface area contributed by atoms with Crippen LogP contribution in [-0.4, -0.2) is 48.1 Å². The lowest BCUT2D eigenvalue weighted by Gasteiger charge is -2.24. The third-order valence-electron chi connectivity index (χ3n) is 4.76. The zero-order valence-corrected chi connectivity index (χ0v) is 19.6. The third kappa shape index (κ3) is 5.47. The monoisotopic (exact) mass is 473 g/mol. The summed E-state index contributed by atoms with van der Waals surface area (Å²) in [6.45, 7) is 4.50. The highest BCUT2D eigenvalue weighted by Gasteiger charge is 2.35. The van der Waals surface area contributed by atoms with Crippen LogP contribution in [0.1, 0.15) is 29.8 Å². The fraction of sp³-hybridized carbons (Fsp3) is 0.348. The summed E-state index contributed by atoms with van der Waals surface area (Å²) in [5.41, 5.74) is 1.39. The summed E-state index contributed by atoms with van der Waals surface area (Å²) in [5.74, 6) is 1.32. The molecule has 0 aromatic heterocycles. The molecule has 1 unspecified atom stereocenters. The van der Waals surface area contributed by atoms with Gasteiger partial charge >= 0.3 is 0 Å². The summed E-state index contributed by atoms with van der Waals surface area (Å²) in [4.78, 5) is 27.6. The van der Waals surface area contributed by atoms with E-state index >= 15 is 0 Å². The predicted molar refractivity (Wildman–Crippen MR) is 125 cm³/mol. The number of hydrogen-bond donors (Lipinski definition) is 1. The highest BCUT2D eigenvalue weighted by atomic mass is 35.5. The Hall–Kier alpha value is -2.89. The molecule has 1 fully saturated rings. The van der Waals surface area contributed by atoms with Crippen molar-refractivity contribution in [1.29, 1.82) is 5.26 Å². The number of carbonyl (C=O) groups excluding carboxylic acids is 2. The Morgan fingerprint density at radius 2 is 2.03 bits per heavy atom. The van der Waals surface area contributed by atoms with Gasteiger partial charge in [0.25, 0.3) is 5.91 Å². The Kier molecular flexibility index (Phi) is 7.89. The number of amides is 2. The number of hydrogen-bond acceptors (Lipinski definition) is 6. The Labute approximate surface area is 196 Å². The van der Waals surface area contributed by atoms with Crippen LogP contribution in [0.15, 0.2) is 36.4 Å². The van der Waals surface area contributed by atoms with Crippen molar-refractivity contribution in [3.63, 3.8) is 0 Å². The van der Waals surface area contributed by atoms with E-state index < -0.39 is 6.04 Å². The highest BCUT2D eigenvalue weighted by molar-refractivity contribution is 7.99. The molecule has 1 N–H and O–H groups in total. The lowest BCUT2D eigenvalue weighted by atomic mass is 10.1. The molecule has 0 saturated carbocycles. The molecule has 7 nitrogen and oxygen atoms in total. The molecule has 2 aromatic carbocycles. The molecule has 2 aromatic rings. The van der Waals surface area contributed by atoms with Crippen molar-refractivity contribution in [2.75, 3.05) is 30.7 Å². The zero-order chi connectivity index (χ0) is 23.3. The molecule has 1 heterocycles. The highest BCUT2D eigenvalue weighted by Crippen LogP contribution is 2.37. The number of rotatable bonds is 7. The number of nitrogens with one attached hydrogen (secondary N) is 1. The van der Waals surface area contributed by atoms with E-state index in [4.69, 9.17) is 26.3 Å². The van der Waals surface area contributed by atoms with Crippen LogP contribution in [0.4, 0.5) is 5.69 Å². The molecule has 0 radical (unpaired) electrons. The maximum atomic E-state index is 13.2. The first-order chi connectivity index (χ1) is 15.3. The molecule has 0 bridgehead atoms. The van der Waals surface area contributed by atoms with Crippen LogP contribution in [0, 0.1) is 17.2 Å². The van der Waals surface area contributed by atoms with Crippen molar-refractivity contribution >= 4 is 40.9 Å². The first-order valence-electron chi connectivity index (χ1n) is 10.0. The molecule has 32 heavy (non-hydrogen) atoms. The normalized spacial score (nSPS) is 15.4. The largest absolute Gasteiger partial charge is 0.493 e. The number of nitriles is 1. The zero-order valence-electron chi connectivity index (χ0n) is 18.1. The van der Waals surface area contributed by atoms with Crippen LogP contribution in [-0.2, 0) is 4.79 Å². The number of anilines is 1. The number of methoxy groups -OCH3 is 1. The molecule has 1 aliphatic heterocycles. The van der Waals surface area contributed by atoms with Gasteiger partial charge in [-0.2, -0.15) is 5.26 Å². The van der Waals surface area contributed by atoms with Gasteiger partial charge in [-0.25, -0.2) is 0 Å². The van der Waals surface area contributed by atoms with Crippen molar-refractivity contribution in [2.24, 2.45) is 5.92 Å². The maximum absolute atomic E-state index is 13.2. The number of carbonyl (C=O) groups is 2. The van der Waals surface area contributed by atoms with Crippen molar-refractivity contribution in [1.82, 2.24) is 4.90 Å². The Morgan fingerprint density at radius 3 is 2.66 bits per heavy atom. The third-order valence-corrected chi connectivity index (χ3v) is 6.06. The van der Waals surface area contributed by atoms with Crippen molar-refractivity contribution in [3.05, 3.63) is 52.5 Å². The van der Waals surface area contributed by atoms with Crippen LogP contribution in [0.3, 0.4) is 0 Å². The molecule has 1 saturated heterocycles. The fourth-order valence-corrected chi connectivity index (χ4v) is 4.53. The van der Waals surface area contributed by atoms with E-state index in [-0.39, 0.29) is 16.8 Å². The van der Waals surface area contributed by atoms with Gasteiger partial charge in [0.05, 0.1) is 36.2 Å². The minimum absolute atomic E-state index is 0.277. The summed E-state index contributed by atoms with van der Waals surface area (Å²) in [5, 5.41) is 12.0. The molecule has 3 rings (SSSR count). The molecular formula is C23H24ClN3O4S. The topological polar surface area (TPSA) is 91.7 Å². The van der Waals surface area contributed by atoms with Crippen LogP contribution in [0.5, 0.6) is 11.5 Å². The van der Waals surface area contributed by atoms with Gasteiger partial charge in [-0.15, -0.1) is 11.8 Å². The molecular weight excluding hydrogens is 450 g/mol. The standard InChI is InChI=1S/C23H24ClN3O4S/c1-14(2)11-31-21-18(24)8-16(9-20(21)30-3)23(29)27-13-32-12-19(27)22(28)26-17-6-4-15(10-25)5-7-17/h4-9,14,19H,11-13H2,1-3H3,(H,26,28). The van der Waals surface area contributed by atoms with Crippen LogP contribution >= 0.6 is 23.4 Å². The lowest BCUT2D eigenvalue weighted by molar-refractivity contribution is -0.119. The van der Waals surface area contributed by atoms with Gasteiger partial charge in [0.15, 0.2) is 11.5 Å². The second-order valence-electron chi connectivity index (χ2n) is 7.66. The Balaban J connectivity index is 1.77. The first-order valence-corrected chi connectivity index (χ1v) is 11.6. The van der Waals surface area contributed by atoms with Crippen molar-refractivity contribution < 1.29 is 19.1 Å². The number of thioether (sulfide) groups is 1. The van der Waals surface area contributed by atoms with Crippen LogP contribution < -0.4 is 14.8 Å². The van der Waals surface area contributed by atoms with E-state index in [1.807, 2.05) is 19.9 Å². The van der Waals surface area contributed by atoms with Gasteiger partial charge in [0.1, 0.15) is 6.04 Å². The van der Waals surface area contributed by atoms with Crippen molar-refractivity contribution in [2.45, 2.75) is 19.9 Å². The molecule has 2 amide bonds. The minimum atomic E-state index is -0.634. The maximum Gasteiger partial charge on any atom is 0.255 e. The number of halogens is 1. The van der Waals surface area contributed by atoms with Crippen molar-refractivity contribution in [3.8, 4) is 17.6 Å². The molecule has 9 heteroatoms. The Morgan fingerprint density at radius 1 is 1.31 bits per heavy atom. The summed E-state index contributed by atoms with van der Waals surface area (Å²) in [7, 11) is 1.49. The van der Waals surface area contributed by atoms with Gasteiger partial charge in [-0.1, -0.05) is 25.4 Å². The molecule has 0 aliphatic carbocycles. The van der Waals surface area contributed by atoms with Gasteiger partial charge in [-0.05, 0) is 42.3 Å². The quantitative estimate of drug-likeness (QED) is 0.640. The van der Waals surface area contributed by atoms with Crippen LogP contribution in [0.25, 0.3) is 0 Å². The average molecular weight is 474 g/mol.